The third kappa shape index (κ3) is 1.21. The molecule has 3 aliphatic carbocycles. The van der Waals surface area contributed by atoms with Crippen LogP contribution in [0, 0.1) is 29.1 Å². The molecule has 1 heteroatoms. The zero-order chi connectivity index (χ0) is 11.7. The van der Waals surface area contributed by atoms with Gasteiger partial charge in [0, 0.05) is 0 Å². The van der Waals surface area contributed by atoms with Gasteiger partial charge in [-0.3, -0.25) is 0 Å². The van der Waals surface area contributed by atoms with Crippen molar-refractivity contribution in [2.24, 2.45) is 29.1 Å². The van der Waals surface area contributed by atoms with Crippen LogP contribution in [0.3, 0.4) is 0 Å². The quantitative estimate of drug-likeness (QED) is 0.620. The Kier molecular flexibility index (Phi) is 1.98. The molecular weight excluding hydrogens is 196 g/mol. The second kappa shape index (κ2) is 2.93. The van der Waals surface area contributed by atoms with Crippen LogP contribution in [0.2, 0.25) is 0 Å². The van der Waals surface area contributed by atoms with Gasteiger partial charge >= 0.3 is 0 Å². The molecule has 1 N–H and O–H groups in total. The minimum atomic E-state index is -0.436. The summed E-state index contributed by atoms with van der Waals surface area (Å²) in [5, 5.41) is 10.6. The van der Waals surface area contributed by atoms with Gasteiger partial charge in [0.25, 0.3) is 0 Å². The zero-order valence-corrected chi connectivity index (χ0v) is 10.8. The molecule has 0 radical (unpaired) electrons. The predicted molar refractivity (Wildman–Crippen MR) is 66.0 cm³/mol. The van der Waals surface area contributed by atoms with E-state index < -0.39 is 5.60 Å². The van der Waals surface area contributed by atoms with Gasteiger partial charge in [-0.1, -0.05) is 26.0 Å². The molecular formula is C15H24O. The second-order valence-corrected chi connectivity index (χ2v) is 7.18. The fraction of sp³-hybridized carbons (Fsp3) is 0.867. The molecule has 0 saturated heterocycles. The van der Waals surface area contributed by atoms with Crippen LogP contribution < -0.4 is 0 Å². The molecule has 0 bridgehead atoms. The first kappa shape index (κ1) is 10.8. The minimum Gasteiger partial charge on any atom is -0.390 e. The molecule has 0 aliphatic heterocycles. The number of hydrogen-bond acceptors (Lipinski definition) is 1. The molecule has 3 saturated carbocycles. The summed E-state index contributed by atoms with van der Waals surface area (Å²) in [4.78, 5) is 0. The lowest BCUT2D eigenvalue weighted by molar-refractivity contribution is -0.00137. The van der Waals surface area contributed by atoms with Crippen LogP contribution in [-0.2, 0) is 0 Å². The highest BCUT2D eigenvalue weighted by Gasteiger charge is 2.67. The Morgan fingerprint density at radius 1 is 1.19 bits per heavy atom. The number of allylic oxidation sites excluding steroid dienone is 1. The lowest BCUT2D eigenvalue weighted by Gasteiger charge is -2.31. The van der Waals surface area contributed by atoms with E-state index in [0.29, 0.717) is 17.3 Å². The molecule has 5 atom stereocenters. The molecule has 3 rings (SSSR count). The van der Waals surface area contributed by atoms with Crippen molar-refractivity contribution >= 4 is 0 Å². The van der Waals surface area contributed by atoms with E-state index in [9.17, 15) is 5.11 Å². The Morgan fingerprint density at radius 3 is 2.56 bits per heavy atom. The van der Waals surface area contributed by atoms with Crippen molar-refractivity contribution in [1.82, 2.24) is 0 Å². The van der Waals surface area contributed by atoms with Gasteiger partial charge in [-0.25, -0.2) is 0 Å². The average Bonchev–Trinajstić information content (AvgIpc) is 2.61. The Bertz CT molecular complexity index is 339. The molecule has 0 aromatic heterocycles. The third-order valence-electron chi connectivity index (χ3n) is 5.94. The molecule has 3 fully saturated rings. The van der Waals surface area contributed by atoms with Crippen molar-refractivity contribution in [1.29, 1.82) is 0 Å². The Hall–Kier alpha value is -0.300. The zero-order valence-electron chi connectivity index (χ0n) is 10.8. The van der Waals surface area contributed by atoms with Crippen molar-refractivity contribution < 1.29 is 5.11 Å². The molecule has 0 aromatic carbocycles. The van der Waals surface area contributed by atoms with Crippen LogP contribution in [0.25, 0.3) is 0 Å². The number of rotatable bonds is 0. The first-order valence-electron chi connectivity index (χ1n) is 6.76. The standard InChI is InChI=1S/C15H24O/c1-9-5-6-11-13(14(11,2)3)12-10(9)7-8-15(12,4)16/h10-13,16H,1,5-8H2,2-4H3/t10-,11-,12-,13-,15-/m1/s1. The monoisotopic (exact) mass is 220 g/mol. The molecule has 0 aromatic rings. The van der Waals surface area contributed by atoms with E-state index in [1.165, 1.54) is 18.4 Å². The van der Waals surface area contributed by atoms with Crippen molar-refractivity contribution in [3.63, 3.8) is 0 Å². The highest BCUT2D eigenvalue weighted by Crippen LogP contribution is 2.71. The van der Waals surface area contributed by atoms with Crippen molar-refractivity contribution in [3.8, 4) is 0 Å². The molecule has 0 unspecified atom stereocenters. The van der Waals surface area contributed by atoms with E-state index in [4.69, 9.17) is 0 Å². The van der Waals surface area contributed by atoms with E-state index in [-0.39, 0.29) is 0 Å². The summed E-state index contributed by atoms with van der Waals surface area (Å²) in [5.74, 6) is 2.67. The van der Waals surface area contributed by atoms with E-state index >= 15 is 0 Å². The van der Waals surface area contributed by atoms with Crippen molar-refractivity contribution in [2.75, 3.05) is 0 Å². The maximum atomic E-state index is 10.6. The Labute approximate surface area is 98.9 Å². The maximum Gasteiger partial charge on any atom is 0.0656 e. The Balaban J connectivity index is 1.98. The molecule has 1 nitrogen and oxygen atoms in total. The van der Waals surface area contributed by atoms with Gasteiger partial charge in [0.1, 0.15) is 0 Å². The molecule has 16 heavy (non-hydrogen) atoms. The third-order valence-corrected chi connectivity index (χ3v) is 5.94. The number of aliphatic hydroxyl groups is 1. The molecule has 0 spiro atoms. The fourth-order valence-corrected chi connectivity index (χ4v) is 4.90. The summed E-state index contributed by atoms with van der Waals surface area (Å²) in [6, 6.07) is 0. The minimum absolute atomic E-state index is 0.436. The summed E-state index contributed by atoms with van der Waals surface area (Å²) in [6.07, 6.45) is 4.64. The SMILES string of the molecule is C=C1CC[C@@H]2[C@H]([C@H]3[C@@H]1CC[C@@]3(C)O)C2(C)C. The number of hydrogen-bond donors (Lipinski definition) is 1. The molecule has 3 aliphatic rings. The van der Waals surface area contributed by atoms with Crippen LogP contribution in [0.5, 0.6) is 0 Å². The lowest BCUT2D eigenvalue weighted by Crippen LogP contribution is -2.34. The van der Waals surface area contributed by atoms with Crippen LogP contribution in [0.1, 0.15) is 46.5 Å². The van der Waals surface area contributed by atoms with Gasteiger partial charge in [0.05, 0.1) is 5.60 Å². The summed E-state index contributed by atoms with van der Waals surface area (Å²) >= 11 is 0. The van der Waals surface area contributed by atoms with Gasteiger partial charge in [-0.05, 0) is 61.7 Å². The van der Waals surface area contributed by atoms with Crippen LogP contribution in [0.4, 0.5) is 0 Å². The molecule has 0 amide bonds. The summed E-state index contributed by atoms with van der Waals surface area (Å²) < 4.78 is 0. The highest BCUT2D eigenvalue weighted by atomic mass is 16.3. The van der Waals surface area contributed by atoms with E-state index in [0.717, 1.165) is 24.7 Å². The largest absolute Gasteiger partial charge is 0.390 e. The average molecular weight is 220 g/mol. The Morgan fingerprint density at radius 2 is 1.88 bits per heavy atom. The van der Waals surface area contributed by atoms with Gasteiger partial charge in [-0.2, -0.15) is 0 Å². The molecule has 90 valence electrons. The van der Waals surface area contributed by atoms with Crippen LogP contribution in [0.15, 0.2) is 12.2 Å². The first-order valence-corrected chi connectivity index (χ1v) is 6.76. The number of fused-ring (bicyclic) bond motifs is 3. The maximum absolute atomic E-state index is 10.6. The van der Waals surface area contributed by atoms with Crippen LogP contribution >= 0.6 is 0 Å². The second-order valence-electron chi connectivity index (χ2n) is 7.18. The lowest BCUT2D eigenvalue weighted by atomic mass is 9.78. The van der Waals surface area contributed by atoms with Crippen molar-refractivity contribution in [3.05, 3.63) is 12.2 Å². The summed E-state index contributed by atoms with van der Waals surface area (Å²) in [5.41, 5.74) is 1.46. The van der Waals surface area contributed by atoms with E-state index in [1.54, 1.807) is 0 Å². The van der Waals surface area contributed by atoms with Gasteiger partial charge in [0.2, 0.25) is 0 Å². The fourth-order valence-electron chi connectivity index (χ4n) is 4.90. The molecule has 0 heterocycles. The van der Waals surface area contributed by atoms with Gasteiger partial charge < -0.3 is 5.11 Å². The summed E-state index contributed by atoms with van der Waals surface area (Å²) in [6.45, 7) is 11.1. The smallest absolute Gasteiger partial charge is 0.0656 e. The normalized spacial score (nSPS) is 54.1. The first-order chi connectivity index (χ1) is 7.36. The van der Waals surface area contributed by atoms with Crippen molar-refractivity contribution in [2.45, 2.75) is 52.1 Å². The summed E-state index contributed by atoms with van der Waals surface area (Å²) in [7, 11) is 0. The topological polar surface area (TPSA) is 20.2 Å². The van der Waals surface area contributed by atoms with E-state index in [2.05, 4.69) is 27.4 Å². The van der Waals surface area contributed by atoms with Gasteiger partial charge in [0.15, 0.2) is 0 Å². The van der Waals surface area contributed by atoms with E-state index in [1.807, 2.05) is 0 Å². The van der Waals surface area contributed by atoms with Crippen LogP contribution in [-0.4, -0.2) is 10.7 Å². The predicted octanol–water partition coefficient (Wildman–Crippen LogP) is 3.39. The van der Waals surface area contributed by atoms with Gasteiger partial charge in [-0.15, -0.1) is 0 Å². The highest BCUT2D eigenvalue weighted by molar-refractivity contribution is 5.22.